The molecule has 1 aliphatic heterocycles. The van der Waals surface area contributed by atoms with Crippen LogP contribution in [0.25, 0.3) is 21.0 Å². The summed E-state index contributed by atoms with van der Waals surface area (Å²) in [7, 11) is 0. The van der Waals surface area contributed by atoms with Gasteiger partial charge in [-0.25, -0.2) is 9.97 Å². The number of rotatable bonds is 5. The molecule has 0 saturated carbocycles. The highest BCUT2D eigenvalue weighted by molar-refractivity contribution is 7.16. The van der Waals surface area contributed by atoms with Gasteiger partial charge in [-0.15, -0.1) is 11.3 Å². The molecule has 2 aromatic heterocycles. The zero-order chi connectivity index (χ0) is 20.3. The second kappa shape index (κ2) is 8.38. The van der Waals surface area contributed by atoms with E-state index in [1.54, 1.807) is 17.7 Å². The Kier molecular flexibility index (Phi) is 5.29. The first-order valence-electron chi connectivity index (χ1n) is 10.2. The van der Waals surface area contributed by atoms with Crippen LogP contribution in [-0.4, -0.2) is 53.5 Å². The Labute approximate surface area is 179 Å². The third kappa shape index (κ3) is 3.86. The van der Waals surface area contributed by atoms with Gasteiger partial charge in [0.05, 0.1) is 5.39 Å². The summed E-state index contributed by atoms with van der Waals surface area (Å²) in [6, 6.07) is 16.2. The Hall–Kier alpha value is -3.03. The molecule has 4 aromatic rings. The lowest BCUT2D eigenvalue weighted by molar-refractivity contribution is -0.116. The first-order valence-corrected chi connectivity index (χ1v) is 11.1. The molecule has 0 radical (unpaired) electrons. The van der Waals surface area contributed by atoms with Crippen molar-refractivity contribution in [3.05, 3.63) is 60.2 Å². The van der Waals surface area contributed by atoms with Gasteiger partial charge >= 0.3 is 0 Å². The number of carbonyl (C=O) groups excluding carboxylic acids is 1. The fraction of sp³-hybridized carbons (Fsp3) is 0.261. The predicted molar refractivity (Wildman–Crippen MR) is 123 cm³/mol. The zero-order valence-electron chi connectivity index (χ0n) is 16.6. The van der Waals surface area contributed by atoms with Crippen LogP contribution in [0.3, 0.4) is 0 Å². The number of nitrogens with zero attached hydrogens (tertiary/aromatic N) is 4. The van der Waals surface area contributed by atoms with E-state index in [2.05, 4.69) is 48.7 Å². The predicted octanol–water partition coefficient (Wildman–Crippen LogP) is 4.00. The lowest BCUT2D eigenvalue weighted by Gasteiger charge is -2.35. The van der Waals surface area contributed by atoms with Gasteiger partial charge < -0.3 is 10.2 Å². The summed E-state index contributed by atoms with van der Waals surface area (Å²) in [6.45, 7) is 4.44. The minimum absolute atomic E-state index is 0.0598. The lowest BCUT2D eigenvalue weighted by Crippen LogP contribution is -2.47. The fourth-order valence-electron chi connectivity index (χ4n) is 4.02. The second-order valence-electron chi connectivity index (χ2n) is 7.49. The number of piperazine rings is 1. The normalized spacial score (nSPS) is 15.0. The fourth-order valence-corrected chi connectivity index (χ4v) is 4.75. The first kappa shape index (κ1) is 19.0. The molecule has 0 aliphatic carbocycles. The number of hydrogen-bond acceptors (Lipinski definition) is 6. The summed E-state index contributed by atoms with van der Waals surface area (Å²) in [5.41, 5.74) is 0.881. The van der Waals surface area contributed by atoms with E-state index in [1.165, 1.54) is 0 Å². The van der Waals surface area contributed by atoms with Crippen LogP contribution in [-0.2, 0) is 4.79 Å². The minimum atomic E-state index is 0.0598. The van der Waals surface area contributed by atoms with Gasteiger partial charge in [0.2, 0.25) is 5.91 Å². The third-order valence-electron chi connectivity index (χ3n) is 5.63. The van der Waals surface area contributed by atoms with E-state index in [0.29, 0.717) is 6.42 Å². The van der Waals surface area contributed by atoms with Crippen LogP contribution in [0.1, 0.15) is 6.42 Å². The van der Waals surface area contributed by atoms with Crippen molar-refractivity contribution in [2.45, 2.75) is 6.42 Å². The molecule has 152 valence electrons. The summed E-state index contributed by atoms with van der Waals surface area (Å²) in [6.07, 6.45) is 2.14. The van der Waals surface area contributed by atoms with Crippen molar-refractivity contribution in [1.82, 2.24) is 14.9 Å². The third-order valence-corrected chi connectivity index (χ3v) is 6.45. The number of hydrogen-bond donors (Lipinski definition) is 1. The number of amides is 1. The summed E-state index contributed by atoms with van der Waals surface area (Å²) in [5.74, 6) is 1.08. The molecule has 5 rings (SSSR count). The van der Waals surface area contributed by atoms with Gasteiger partial charge in [0, 0.05) is 50.2 Å². The Morgan fingerprint density at radius 1 is 0.967 bits per heavy atom. The molecule has 1 N–H and O–H groups in total. The molecular weight excluding hydrogens is 394 g/mol. The number of nitrogens with one attached hydrogen (secondary N) is 1. The van der Waals surface area contributed by atoms with Gasteiger partial charge in [-0.05, 0) is 22.9 Å². The van der Waals surface area contributed by atoms with Crippen LogP contribution in [0.5, 0.6) is 0 Å². The summed E-state index contributed by atoms with van der Waals surface area (Å²) >= 11 is 1.65. The molecule has 1 fully saturated rings. The Balaban J connectivity index is 1.15. The smallest absolute Gasteiger partial charge is 0.225 e. The Morgan fingerprint density at radius 3 is 2.70 bits per heavy atom. The summed E-state index contributed by atoms with van der Waals surface area (Å²) in [4.78, 5) is 27.1. The number of aromatic nitrogens is 2. The molecule has 6 nitrogen and oxygen atoms in total. The summed E-state index contributed by atoms with van der Waals surface area (Å²) in [5, 5.41) is 8.49. The SMILES string of the molecule is O=C(CCN1CCN(c2ncnc3sccc23)CC1)Nc1cccc2ccccc12. The molecule has 7 heteroatoms. The molecule has 0 bridgehead atoms. The van der Waals surface area contributed by atoms with Crippen LogP contribution in [0.15, 0.2) is 60.2 Å². The van der Waals surface area contributed by atoms with Crippen molar-refractivity contribution >= 4 is 49.7 Å². The average Bonchev–Trinajstić information content (AvgIpc) is 3.27. The first-order chi connectivity index (χ1) is 14.8. The van der Waals surface area contributed by atoms with Crippen molar-refractivity contribution in [3.8, 4) is 0 Å². The van der Waals surface area contributed by atoms with E-state index < -0.39 is 0 Å². The molecule has 1 saturated heterocycles. The largest absolute Gasteiger partial charge is 0.353 e. The lowest BCUT2D eigenvalue weighted by atomic mass is 10.1. The Morgan fingerprint density at radius 2 is 1.80 bits per heavy atom. The monoisotopic (exact) mass is 417 g/mol. The van der Waals surface area contributed by atoms with E-state index in [9.17, 15) is 4.79 Å². The quantitative estimate of drug-likeness (QED) is 0.532. The summed E-state index contributed by atoms with van der Waals surface area (Å²) < 4.78 is 0. The number of benzene rings is 2. The molecule has 3 heterocycles. The Bertz CT molecular complexity index is 1180. The number of thiophene rings is 1. The van der Waals surface area contributed by atoms with Crippen LogP contribution >= 0.6 is 11.3 Å². The molecule has 0 unspecified atom stereocenters. The molecule has 2 aromatic carbocycles. The van der Waals surface area contributed by atoms with E-state index in [-0.39, 0.29) is 5.91 Å². The standard InChI is InChI=1S/C23H23N5OS/c29-21(26-20-7-3-5-17-4-1-2-6-18(17)20)8-10-27-11-13-28(14-12-27)22-19-9-15-30-23(19)25-16-24-22/h1-7,9,15-16H,8,10-14H2,(H,26,29). The highest BCUT2D eigenvalue weighted by Gasteiger charge is 2.20. The molecule has 0 atom stereocenters. The molecular formula is C23H23N5OS. The molecule has 1 aliphatic rings. The molecule has 0 spiro atoms. The van der Waals surface area contributed by atoms with Crippen LogP contribution in [0.4, 0.5) is 11.5 Å². The highest BCUT2D eigenvalue weighted by Crippen LogP contribution is 2.27. The maximum absolute atomic E-state index is 12.5. The van der Waals surface area contributed by atoms with Gasteiger partial charge in [0.1, 0.15) is 17.0 Å². The second-order valence-corrected chi connectivity index (χ2v) is 8.38. The van der Waals surface area contributed by atoms with E-state index >= 15 is 0 Å². The molecule has 1 amide bonds. The van der Waals surface area contributed by atoms with E-state index in [0.717, 1.165) is 65.2 Å². The van der Waals surface area contributed by atoms with Crippen molar-refractivity contribution in [3.63, 3.8) is 0 Å². The number of fused-ring (bicyclic) bond motifs is 2. The number of carbonyl (C=O) groups is 1. The van der Waals surface area contributed by atoms with Gasteiger partial charge in [-0.3, -0.25) is 9.69 Å². The van der Waals surface area contributed by atoms with Crippen LogP contribution in [0, 0.1) is 0 Å². The van der Waals surface area contributed by atoms with Gasteiger partial charge in [-0.1, -0.05) is 36.4 Å². The minimum Gasteiger partial charge on any atom is -0.353 e. The topological polar surface area (TPSA) is 61.4 Å². The zero-order valence-corrected chi connectivity index (χ0v) is 17.4. The van der Waals surface area contributed by atoms with Crippen molar-refractivity contribution < 1.29 is 4.79 Å². The van der Waals surface area contributed by atoms with Crippen molar-refractivity contribution in [2.75, 3.05) is 42.9 Å². The van der Waals surface area contributed by atoms with Crippen molar-refractivity contribution in [1.29, 1.82) is 0 Å². The maximum Gasteiger partial charge on any atom is 0.225 e. The van der Waals surface area contributed by atoms with Crippen molar-refractivity contribution in [2.24, 2.45) is 0 Å². The van der Waals surface area contributed by atoms with Gasteiger partial charge in [0.25, 0.3) is 0 Å². The van der Waals surface area contributed by atoms with Gasteiger partial charge in [-0.2, -0.15) is 0 Å². The van der Waals surface area contributed by atoms with E-state index in [4.69, 9.17) is 0 Å². The maximum atomic E-state index is 12.5. The molecule has 30 heavy (non-hydrogen) atoms. The highest BCUT2D eigenvalue weighted by atomic mass is 32.1. The van der Waals surface area contributed by atoms with Gasteiger partial charge in [0.15, 0.2) is 0 Å². The van der Waals surface area contributed by atoms with Crippen LogP contribution < -0.4 is 10.2 Å². The average molecular weight is 418 g/mol. The van der Waals surface area contributed by atoms with E-state index in [1.807, 2.05) is 30.3 Å². The number of anilines is 2. The van der Waals surface area contributed by atoms with Crippen LogP contribution in [0.2, 0.25) is 0 Å².